The Kier molecular flexibility index (Phi) is 4.36. The van der Waals surface area contributed by atoms with Crippen molar-refractivity contribution in [2.75, 3.05) is 0 Å². The van der Waals surface area contributed by atoms with Gasteiger partial charge in [0, 0.05) is 24.9 Å². The van der Waals surface area contributed by atoms with E-state index in [-0.39, 0.29) is 4.90 Å². The number of hydrogen-bond donors (Lipinski definition) is 1. The minimum Gasteiger partial charge on any atom is -0.274 e. The van der Waals surface area contributed by atoms with Crippen LogP contribution in [0.1, 0.15) is 5.56 Å². The van der Waals surface area contributed by atoms with Crippen LogP contribution in [0.25, 0.3) is 6.08 Å². The van der Waals surface area contributed by atoms with Gasteiger partial charge in [-0.25, -0.2) is 21.9 Å². The SMILES string of the molecule is Cn1cc(S(=O)(=O)NC(=O)/C=C/c2c(F)cccc2F)cn1. The highest BCUT2D eigenvalue weighted by molar-refractivity contribution is 7.90. The Labute approximate surface area is 125 Å². The first kappa shape index (κ1) is 15.8. The maximum Gasteiger partial charge on any atom is 0.267 e. The van der Waals surface area contributed by atoms with Gasteiger partial charge in [-0.2, -0.15) is 5.10 Å². The van der Waals surface area contributed by atoms with Crippen molar-refractivity contribution in [2.24, 2.45) is 7.05 Å². The predicted octanol–water partition coefficient (Wildman–Crippen LogP) is 1.22. The molecule has 1 amide bonds. The molecular formula is C13H11F2N3O3S. The van der Waals surface area contributed by atoms with Crippen molar-refractivity contribution in [1.82, 2.24) is 14.5 Å². The molecular weight excluding hydrogens is 316 g/mol. The third-order valence-electron chi connectivity index (χ3n) is 2.63. The van der Waals surface area contributed by atoms with Gasteiger partial charge in [-0.3, -0.25) is 9.48 Å². The van der Waals surface area contributed by atoms with Gasteiger partial charge in [0.05, 0.1) is 6.20 Å². The lowest BCUT2D eigenvalue weighted by molar-refractivity contribution is -0.114. The molecule has 0 spiro atoms. The highest BCUT2D eigenvalue weighted by atomic mass is 32.2. The predicted molar refractivity (Wildman–Crippen MR) is 73.9 cm³/mol. The van der Waals surface area contributed by atoms with Crippen LogP contribution in [0.3, 0.4) is 0 Å². The minimum atomic E-state index is -4.08. The first-order valence-electron chi connectivity index (χ1n) is 5.97. The maximum absolute atomic E-state index is 13.4. The van der Waals surface area contributed by atoms with Crippen molar-refractivity contribution < 1.29 is 22.0 Å². The van der Waals surface area contributed by atoms with Crippen molar-refractivity contribution in [1.29, 1.82) is 0 Å². The molecule has 0 aliphatic carbocycles. The first-order valence-corrected chi connectivity index (χ1v) is 7.45. The van der Waals surface area contributed by atoms with Crippen LogP contribution in [0.5, 0.6) is 0 Å². The van der Waals surface area contributed by atoms with Gasteiger partial charge in [-0.05, 0) is 18.2 Å². The summed E-state index contributed by atoms with van der Waals surface area (Å²) in [5.74, 6) is -2.76. The minimum absolute atomic E-state index is 0.200. The number of aromatic nitrogens is 2. The van der Waals surface area contributed by atoms with Crippen LogP contribution in [0, 0.1) is 11.6 Å². The smallest absolute Gasteiger partial charge is 0.267 e. The Balaban J connectivity index is 2.15. The van der Waals surface area contributed by atoms with E-state index in [2.05, 4.69) is 5.10 Å². The fraction of sp³-hybridized carbons (Fsp3) is 0.0769. The number of sulfonamides is 1. The van der Waals surface area contributed by atoms with Gasteiger partial charge in [0.1, 0.15) is 16.5 Å². The van der Waals surface area contributed by atoms with E-state index in [1.54, 1.807) is 4.72 Å². The molecule has 22 heavy (non-hydrogen) atoms. The van der Waals surface area contributed by atoms with Gasteiger partial charge >= 0.3 is 0 Å². The largest absolute Gasteiger partial charge is 0.274 e. The fourth-order valence-corrected chi connectivity index (χ4v) is 2.52. The molecule has 6 nitrogen and oxygen atoms in total. The molecule has 1 aromatic carbocycles. The van der Waals surface area contributed by atoms with E-state index in [9.17, 15) is 22.0 Å². The summed E-state index contributed by atoms with van der Waals surface area (Å²) < 4.78 is 53.4. The van der Waals surface area contributed by atoms with Crippen molar-refractivity contribution in [3.8, 4) is 0 Å². The van der Waals surface area contributed by atoms with Crippen LogP contribution in [0.15, 0.2) is 41.6 Å². The molecule has 9 heteroatoms. The first-order chi connectivity index (χ1) is 10.3. The number of rotatable bonds is 4. The maximum atomic E-state index is 13.4. The van der Waals surface area contributed by atoms with Crippen molar-refractivity contribution in [2.45, 2.75) is 4.90 Å². The second kappa shape index (κ2) is 6.06. The number of aryl methyl sites for hydroxylation is 1. The topological polar surface area (TPSA) is 81.1 Å². The summed E-state index contributed by atoms with van der Waals surface area (Å²) in [7, 11) is -2.57. The Morgan fingerprint density at radius 3 is 2.50 bits per heavy atom. The number of carbonyl (C=O) groups excluding carboxylic acids is 1. The molecule has 0 aliphatic heterocycles. The summed E-state index contributed by atoms with van der Waals surface area (Å²) in [6.07, 6.45) is 3.86. The van der Waals surface area contributed by atoms with Gasteiger partial charge in [0.2, 0.25) is 0 Å². The summed E-state index contributed by atoms with van der Waals surface area (Å²) in [5, 5.41) is 3.68. The molecule has 2 aromatic rings. The molecule has 2 rings (SSSR count). The second-order valence-electron chi connectivity index (χ2n) is 4.29. The zero-order valence-electron chi connectivity index (χ0n) is 11.3. The summed E-state index contributed by atoms with van der Waals surface area (Å²) in [4.78, 5) is 11.4. The van der Waals surface area contributed by atoms with E-state index in [1.165, 1.54) is 24.0 Å². The van der Waals surface area contributed by atoms with E-state index in [0.29, 0.717) is 0 Å². The highest BCUT2D eigenvalue weighted by Crippen LogP contribution is 2.13. The Hall–Kier alpha value is -2.55. The van der Waals surface area contributed by atoms with Crippen molar-refractivity contribution in [3.05, 3.63) is 53.9 Å². The van der Waals surface area contributed by atoms with E-state index < -0.39 is 33.1 Å². The zero-order valence-corrected chi connectivity index (χ0v) is 12.1. The van der Waals surface area contributed by atoms with Gasteiger partial charge in [0.25, 0.3) is 15.9 Å². The summed E-state index contributed by atoms with van der Waals surface area (Å²) in [6, 6.07) is 3.22. The average Bonchev–Trinajstić information content (AvgIpc) is 2.85. The summed E-state index contributed by atoms with van der Waals surface area (Å²) in [6.45, 7) is 0. The average molecular weight is 327 g/mol. The van der Waals surface area contributed by atoms with Gasteiger partial charge in [0.15, 0.2) is 0 Å². The van der Waals surface area contributed by atoms with Gasteiger partial charge in [-0.1, -0.05) is 6.07 Å². The molecule has 0 unspecified atom stereocenters. The zero-order chi connectivity index (χ0) is 16.3. The monoisotopic (exact) mass is 327 g/mol. The van der Waals surface area contributed by atoms with E-state index in [0.717, 1.165) is 30.5 Å². The molecule has 0 saturated heterocycles. The number of nitrogens with zero attached hydrogens (tertiary/aromatic N) is 2. The number of nitrogens with one attached hydrogen (secondary N) is 1. The molecule has 0 radical (unpaired) electrons. The normalized spacial score (nSPS) is 11.8. The van der Waals surface area contributed by atoms with Crippen LogP contribution < -0.4 is 4.72 Å². The Bertz CT molecular complexity index is 824. The molecule has 1 N–H and O–H groups in total. The lowest BCUT2D eigenvalue weighted by Crippen LogP contribution is -2.28. The van der Waals surface area contributed by atoms with Crippen molar-refractivity contribution in [3.63, 3.8) is 0 Å². The third-order valence-corrected chi connectivity index (χ3v) is 3.93. The quantitative estimate of drug-likeness (QED) is 0.856. The Morgan fingerprint density at radius 1 is 1.32 bits per heavy atom. The molecule has 0 atom stereocenters. The van der Waals surface area contributed by atoms with Crippen LogP contribution in [-0.4, -0.2) is 24.1 Å². The number of halogens is 2. The third kappa shape index (κ3) is 3.55. The van der Waals surface area contributed by atoms with E-state index in [1.807, 2.05) is 0 Å². The molecule has 116 valence electrons. The standard InChI is InChI=1S/C13H11F2N3O3S/c1-18-8-9(7-16-18)22(20,21)17-13(19)6-5-10-11(14)3-2-4-12(10)15/h2-8H,1H3,(H,17,19)/b6-5+. The molecule has 1 aromatic heterocycles. The molecule has 0 saturated carbocycles. The number of hydrogen-bond acceptors (Lipinski definition) is 4. The molecule has 1 heterocycles. The van der Waals surface area contributed by atoms with Gasteiger partial charge < -0.3 is 0 Å². The van der Waals surface area contributed by atoms with Crippen LogP contribution in [0.2, 0.25) is 0 Å². The molecule has 0 fully saturated rings. The molecule has 0 bridgehead atoms. The summed E-state index contributed by atoms with van der Waals surface area (Å²) in [5.41, 5.74) is -0.434. The van der Waals surface area contributed by atoms with Crippen LogP contribution in [0.4, 0.5) is 8.78 Å². The van der Waals surface area contributed by atoms with Crippen LogP contribution >= 0.6 is 0 Å². The van der Waals surface area contributed by atoms with Crippen LogP contribution in [-0.2, 0) is 21.9 Å². The number of carbonyl (C=O) groups is 1. The highest BCUT2D eigenvalue weighted by Gasteiger charge is 2.18. The van der Waals surface area contributed by atoms with Crippen molar-refractivity contribution >= 4 is 22.0 Å². The molecule has 0 aliphatic rings. The second-order valence-corrected chi connectivity index (χ2v) is 5.97. The van der Waals surface area contributed by atoms with E-state index in [4.69, 9.17) is 0 Å². The summed E-state index contributed by atoms with van der Waals surface area (Å²) >= 11 is 0. The van der Waals surface area contributed by atoms with E-state index >= 15 is 0 Å². The lowest BCUT2D eigenvalue weighted by Gasteiger charge is -2.02. The Morgan fingerprint density at radius 2 is 1.95 bits per heavy atom. The number of amides is 1. The lowest BCUT2D eigenvalue weighted by atomic mass is 10.2. The van der Waals surface area contributed by atoms with Gasteiger partial charge in [-0.15, -0.1) is 0 Å². The number of benzene rings is 1. The fourth-order valence-electron chi connectivity index (χ4n) is 1.59.